The first-order valence-corrected chi connectivity index (χ1v) is 14.0. The Morgan fingerprint density at radius 3 is 2.28 bits per heavy atom. The molecular weight excluding hydrogens is 502 g/mol. The van der Waals surface area contributed by atoms with E-state index in [9.17, 15) is 0 Å². The van der Waals surface area contributed by atoms with E-state index in [4.69, 9.17) is 21.7 Å². The van der Waals surface area contributed by atoms with E-state index in [-0.39, 0.29) is 0 Å². The van der Waals surface area contributed by atoms with Gasteiger partial charge >= 0.3 is 0 Å². The van der Waals surface area contributed by atoms with Gasteiger partial charge in [-0.25, -0.2) is 0 Å². The minimum Gasteiger partial charge on any atom is -0.497 e. The van der Waals surface area contributed by atoms with Crippen molar-refractivity contribution in [1.82, 2.24) is 8.97 Å². The van der Waals surface area contributed by atoms with Crippen LogP contribution in [0.1, 0.15) is 36.6 Å². The molecule has 0 saturated heterocycles. The average molecular weight is 536 g/mol. The second-order valence-electron chi connectivity index (χ2n) is 10.0. The SMILES string of the molecule is CCOc1ccc(NC(=S)c2c(-c3ccc(C)cc3)c3c4n(c(-c5ccc(OC)cc5)cn24)CCCC3)cc1. The summed E-state index contributed by atoms with van der Waals surface area (Å²) in [5.41, 5.74) is 10.6. The van der Waals surface area contributed by atoms with Crippen molar-refractivity contribution in [3.8, 4) is 33.9 Å². The van der Waals surface area contributed by atoms with Crippen LogP contribution in [0.5, 0.6) is 11.5 Å². The second kappa shape index (κ2) is 10.6. The van der Waals surface area contributed by atoms with Crippen molar-refractivity contribution in [2.24, 2.45) is 0 Å². The molecule has 0 amide bonds. The molecule has 1 N–H and O–H groups in total. The molecule has 6 heteroatoms. The van der Waals surface area contributed by atoms with Crippen LogP contribution in [-0.4, -0.2) is 27.7 Å². The molecule has 5 aromatic rings. The molecule has 3 heterocycles. The number of hydrogen-bond donors (Lipinski definition) is 1. The van der Waals surface area contributed by atoms with Gasteiger partial charge in [0.1, 0.15) is 22.1 Å². The Hall–Kier alpha value is -4.03. The zero-order valence-electron chi connectivity index (χ0n) is 22.7. The first kappa shape index (κ1) is 25.3. The van der Waals surface area contributed by atoms with E-state index in [0.717, 1.165) is 48.7 Å². The molecule has 5 nitrogen and oxygen atoms in total. The summed E-state index contributed by atoms with van der Waals surface area (Å²) in [6, 6.07) is 25.1. The molecular formula is C33H33N3O2S. The molecule has 0 atom stereocenters. The van der Waals surface area contributed by atoms with Crippen molar-refractivity contribution in [3.63, 3.8) is 0 Å². The van der Waals surface area contributed by atoms with Crippen LogP contribution in [0.3, 0.4) is 0 Å². The average Bonchev–Trinajstić information content (AvgIpc) is 3.37. The van der Waals surface area contributed by atoms with Crippen molar-refractivity contribution >= 4 is 28.5 Å². The molecule has 1 aliphatic rings. The van der Waals surface area contributed by atoms with Crippen LogP contribution in [0.15, 0.2) is 79.0 Å². The lowest BCUT2D eigenvalue weighted by Crippen LogP contribution is -2.14. The topological polar surface area (TPSA) is 39.8 Å². The predicted octanol–water partition coefficient (Wildman–Crippen LogP) is 7.91. The van der Waals surface area contributed by atoms with Crippen LogP contribution < -0.4 is 14.8 Å². The number of benzene rings is 3. The van der Waals surface area contributed by atoms with E-state index < -0.39 is 0 Å². The number of ether oxygens (including phenoxy) is 2. The maximum absolute atomic E-state index is 6.16. The van der Waals surface area contributed by atoms with Crippen molar-refractivity contribution in [1.29, 1.82) is 0 Å². The second-order valence-corrected chi connectivity index (χ2v) is 10.4. The highest BCUT2D eigenvalue weighted by Gasteiger charge is 2.28. The number of aryl methyl sites for hydroxylation is 3. The Kier molecular flexibility index (Phi) is 6.88. The van der Waals surface area contributed by atoms with Crippen LogP contribution in [-0.2, 0) is 13.0 Å². The van der Waals surface area contributed by atoms with Crippen molar-refractivity contribution in [2.75, 3.05) is 19.0 Å². The predicted molar refractivity (Wildman–Crippen MR) is 163 cm³/mol. The number of nitrogens with zero attached hydrogens (tertiary/aromatic N) is 2. The first-order chi connectivity index (χ1) is 19.1. The lowest BCUT2D eigenvalue weighted by molar-refractivity contribution is 0.340. The van der Waals surface area contributed by atoms with Gasteiger partial charge in [-0.05, 0) is 92.8 Å². The maximum atomic E-state index is 6.16. The van der Waals surface area contributed by atoms with E-state index in [1.807, 2.05) is 43.3 Å². The summed E-state index contributed by atoms with van der Waals surface area (Å²) in [5, 5.41) is 3.53. The molecule has 0 bridgehead atoms. The summed E-state index contributed by atoms with van der Waals surface area (Å²) in [6.07, 6.45) is 5.55. The van der Waals surface area contributed by atoms with Gasteiger partial charge in [-0.15, -0.1) is 0 Å². The van der Waals surface area contributed by atoms with Crippen LogP contribution in [0.2, 0.25) is 0 Å². The molecule has 0 saturated carbocycles. The Morgan fingerprint density at radius 1 is 0.897 bits per heavy atom. The molecule has 0 aliphatic carbocycles. The normalized spacial score (nSPS) is 12.8. The minimum absolute atomic E-state index is 0.642. The molecule has 2 aromatic heterocycles. The van der Waals surface area contributed by atoms with E-state index in [1.54, 1.807) is 7.11 Å². The molecule has 0 unspecified atom stereocenters. The van der Waals surface area contributed by atoms with Gasteiger partial charge in [0.05, 0.1) is 25.1 Å². The van der Waals surface area contributed by atoms with Crippen LogP contribution in [0.25, 0.3) is 28.0 Å². The summed E-state index contributed by atoms with van der Waals surface area (Å²) in [4.78, 5) is 0.704. The molecule has 6 rings (SSSR count). The summed E-state index contributed by atoms with van der Waals surface area (Å²) in [6.45, 7) is 5.73. The molecule has 39 heavy (non-hydrogen) atoms. The number of rotatable bonds is 7. The monoisotopic (exact) mass is 535 g/mol. The largest absolute Gasteiger partial charge is 0.497 e. The number of anilines is 1. The van der Waals surface area contributed by atoms with Crippen molar-refractivity contribution in [3.05, 3.63) is 95.8 Å². The molecule has 198 valence electrons. The Labute approximate surface area is 235 Å². The fourth-order valence-corrected chi connectivity index (χ4v) is 5.94. The quantitative estimate of drug-likeness (QED) is 0.215. The third-order valence-corrected chi connectivity index (χ3v) is 7.79. The zero-order valence-corrected chi connectivity index (χ0v) is 23.5. The van der Waals surface area contributed by atoms with Crippen LogP contribution >= 0.6 is 12.2 Å². The molecule has 0 fully saturated rings. The van der Waals surface area contributed by atoms with Crippen LogP contribution in [0, 0.1) is 6.92 Å². The number of nitrogens with one attached hydrogen (secondary N) is 1. The van der Waals surface area contributed by atoms with Crippen molar-refractivity contribution in [2.45, 2.75) is 39.7 Å². The van der Waals surface area contributed by atoms with E-state index in [1.165, 1.54) is 39.2 Å². The van der Waals surface area contributed by atoms with Gasteiger partial charge in [0.2, 0.25) is 0 Å². The smallest absolute Gasteiger partial charge is 0.128 e. The van der Waals surface area contributed by atoms with E-state index in [2.05, 4.69) is 63.8 Å². The Morgan fingerprint density at radius 2 is 1.59 bits per heavy atom. The Bertz CT molecular complexity index is 1630. The third-order valence-electron chi connectivity index (χ3n) is 7.50. The minimum atomic E-state index is 0.642. The molecule has 1 aliphatic heterocycles. The number of thiocarbonyl (C=S) groups is 1. The first-order valence-electron chi connectivity index (χ1n) is 13.6. The van der Waals surface area contributed by atoms with Gasteiger partial charge in [-0.2, -0.15) is 0 Å². The van der Waals surface area contributed by atoms with Gasteiger partial charge in [-0.1, -0.05) is 42.0 Å². The fourth-order valence-electron chi connectivity index (χ4n) is 5.62. The maximum Gasteiger partial charge on any atom is 0.128 e. The number of hydrogen-bond acceptors (Lipinski definition) is 3. The van der Waals surface area contributed by atoms with Gasteiger partial charge in [0, 0.05) is 29.6 Å². The highest BCUT2D eigenvalue weighted by molar-refractivity contribution is 7.81. The molecule has 3 aromatic carbocycles. The van der Waals surface area contributed by atoms with E-state index >= 15 is 0 Å². The summed E-state index contributed by atoms with van der Waals surface area (Å²) < 4.78 is 15.8. The van der Waals surface area contributed by atoms with Gasteiger partial charge in [-0.3, -0.25) is 4.40 Å². The number of methoxy groups -OCH3 is 1. The Balaban J connectivity index is 1.53. The highest BCUT2D eigenvalue weighted by Crippen LogP contribution is 2.40. The standard InChI is InChI=1S/C33H33N3O2S/c1-4-38-27-18-14-25(15-19-27)34-32(39)31-30(24-10-8-22(2)9-11-24)28-7-5-6-20-35-29(21-36(31)33(28)35)23-12-16-26(37-3)17-13-23/h8-19,21H,4-7,20H2,1-3H3,(H,34,39). The lowest BCUT2D eigenvalue weighted by atomic mass is 9.97. The van der Waals surface area contributed by atoms with Gasteiger partial charge < -0.3 is 19.4 Å². The van der Waals surface area contributed by atoms with Crippen LogP contribution in [0.4, 0.5) is 5.69 Å². The number of imidazole rings is 1. The van der Waals surface area contributed by atoms with Crippen molar-refractivity contribution < 1.29 is 9.47 Å². The van der Waals surface area contributed by atoms with E-state index in [0.29, 0.717) is 11.6 Å². The molecule has 0 radical (unpaired) electrons. The highest BCUT2D eigenvalue weighted by atomic mass is 32.1. The lowest BCUT2D eigenvalue weighted by Gasteiger charge is -2.13. The number of aromatic nitrogens is 2. The molecule has 0 spiro atoms. The summed E-state index contributed by atoms with van der Waals surface area (Å²) in [5.74, 6) is 1.71. The summed E-state index contributed by atoms with van der Waals surface area (Å²) in [7, 11) is 1.70. The summed E-state index contributed by atoms with van der Waals surface area (Å²) >= 11 is 6.16. The fraction of sp³-hybridized carbons (Fsp3) is 0.242. The third kappa shape index (κ3) is 4.70. The van der Waals surface area contributed by atoms with Gasteiger partial charge in [0.15, 0.2) is 0 Å². The zero-order chi connectivity index (χ0) is 26.9. The van der Waals surface area contributed by atoms with Gasteiger partial charge in [0.25, 0.3) is 0 Å².